The molecule has 0 saturated heterocycles. The molecule has 0 aliphatic rings. The van der Waals surface area contributed by atoms with Crippen molar-refractivity contribution >= 4 is 11.8 Å². The van der Waals surface area contributed by atoms with E-state index in [0.29, 0.717) is 6.04 Å². The summed E-state index contributed by atoms with van der Waals surface area (Å²) in [4.78, 5) is 2.38. The lowest BCUT2D eigenvalue weighted by atomic mass is 10.2. The number of thioether (sulfide) groups is 1. The van der Waals surface area contributed by atoms with E-state index in [-0.39, 0.29) is 0 Å². The molecule has 1 N–H and O–H groups in total. The summed E-state index contributed by atoms with van der Waals surface area (Å²) in [7, 11) is 2.18. The van der Waals surface area contributed by atoms with Crippen LogP contribution in [0.2, 0.25) is 0 Å². The van der Waals surface area contributed by atoms with Gasteiger partial charge in [0.2, 0.25) is 0 Å². The molecule has 0 aliphatic heterocycles. The van der Waals surface area contributed by atoms with Crippen LogP contribution in [0.3, 0.4) is 0 Å². The summed E-state index contributed by atoms with van der Waals surface area (Å²) in [6.45, 7) is 7.28. The van der Waals surface area contributed by atoms with Crippen LogP contribution in [0, 0.1) is 0 Å². The molecule has 3 nitrogen and oxygen atoms in total. The van der Waals surface area contributed by atoms with Gasteiger partial charge in [0, 0.05) is 23.9 Å². The molecule has 0 spiro atoms. The second-order valence-electron chi connectivity index (χ2n) is 4.77. The summed E-state index contributed by atoms with van der Waals surface area (Å²) in [5.74, 6) is 2.24. The van der Waals surface area contributed by atoms with Gasteiger partial charge in [-0.05, 0) is 39.3 Å². The van der Waals surface area contributed by atoms with Gasteiger partial charge in [0.1, 0.15) is 5.76 Å². The molecule has 4 heteroatoms. The van der Waals surface area contributed by atoms with E-state index >= 15 is 0 Å². The van der Waals surface area contributed by atoms with Gasteiger partial charge in [0.15, 0.2) is 0 Å². The van der Waals surface area contributed by atoms with Crippen molar-refractivity contribution in [3.8, 4) is 0 Å². The Morgan fingerprint density at radius 1 is 1.50 bits per heavy atom. The van der Waals surface area contributed by atoms with Crippen LogP contribution < -0.4 is 5.32 Å². The molecular formula is C14H26N2OS. The molecule has 0 saturated carbocycles. The predicted molar refractivity (Wildman–Crippen MR) is 80.0 cm³/mol. The van der Waals surface area contributed by atoms with Crippen molar-refractivity contribution in [1.82, 2.24) is 10.2 Å². The zero-order chi connectivity index (χ0) is 13.4. The number of rotatable bonds is 9. The fraction of sp³-hybridized carbons (Fsp3) is 0.714. The summed E-state index contributed by atoms with van der Waals surface area (Å²) in [5, 5.41) is 3.39. The SMILES string of the molecule is CCCNCc1occc1CN(C)C(C)CSC. The van der Waals surface area contributed by atoms with E-state index in [1.807, 2.05) is 11.8 Å². The van der Waals surface area contributed by atoms with E-state index in [1.165, 1.54) is 5.56 Å². The van der Waals surface area contributed by atoms with Crippen molar-refractivity contribution in [2.75, 3.05) is 25.6 Å². The Morgan fingerprint density at radius 2 is 2.28 bits per heavy atom. The minimum absolute atomic E-state index is 0.589. The van der Waals surface area contributed by atoms with Crippen LogP contribution in [0.1, 0.15) is 31.6 Å². The summed E-state index contributed by atoms with van der Waals surface area (Å²) >= 11 is 1.89. The average Bonchev–Trinajstić information content (AvgIpc) is 2.77. The quantitative estimate of drug-likeness (QED) is 0.698. The molecule has 0 fully saturated rings. The maximum Gasteiger partial charge on any atom is 0.122 e. The second-order valence-corrected chi connectivity index (χ2v) is 5.68. The Hall–Kier alpha value is -0.450. The lowest BCUT2D eigenvalue weighted by molar-refractivity contribution is 0.267. The topological polar surface area (TPSA) is 28.4 Å². The summed E-state index contributed by atoms with van der Waals surface area (Å²) < 4.78 is 5.56. The molecule has 1 atom stereocenters. The van der Waals surface area contributed by atoms with Gasteiger partial charge in [-0.2, -0.15) is 11.8 Å². The molecule has 1 aromatic heterocycles. The monoisotopic (exact) mass is 270 g/mol. The number of nitrogens with one attached hydrogen (secondary N) is 1. The largest absolute Gasteiger partial charge is 0.468 e. The Labute approximate surface area is 115 Å². The van der Waals surface area contributed by atoms with Crippen LogP contribution in [0.25, 0.3) is 0 Å². The molecular weight excluding hydrogens is 244 g/mol. The highest BCUT2D eigenvalue weighted by Crippen LogP contribution is 2.15. The summed E-state index contributed by atoms with van der Waals surface area (Å²) in [6.07, 6.45) is 5.11. The van der Waals surface area contributed by atoms with E-state index in [2.05, 4.69) is 43.4 Å². The van der Waals surface area contributed by atoms with Crippen LogP contribution in [0.5, 0.6) is 0 Å². The Balaban J connectivity index is 2.48. The third-order valence-corrected chi connectivity index (χ3v) is 3.95. The van der Waals surface area contributed by atoms with Crippen molar-refractivity contribution in [3.63, 3.8) is 0 Å². The molecule has 1 aromatic rings. The first-order valence-electron chi connectivity index (χ1n) is 6.64. The minimum Gasteiger partial charge on any atom is -0.468 e. The minimum atomic E-state index is 0.589. The van der Waals surface area contributed by atoms with E-state index in [1.54, 1.807) is 6.26 Å². The van der Waals surface area contributed by atoms with Crippen molar-refractivity contribution in [3.05, 3.63) is 23.7 Å². The average molecular weight is 270 g/mol. The van der Waals surface area contributed by atoms with Crippen LogP contribution in [0.4, 0.5) is 0 Å². The van der Waals surface area contributed by atoms with E-state index in [9.17, 15) is 0 Å². The van der Waals surface area contributed by atoms with Crippen molar-refractivity contribution in [1.29, 1.82) is 0 Å². The van der Waals surface area contributed by atoms with Gasteiger partial charge in [-0.3, -0.25) is 4.90 Å². The van der Waals surface area contributed by atoms with Crippen LogP contribution in [0.15, 0.2) is 16.7 Å². The standard InChI is InChI=1S/C14H26N2OS/c1-5-7-15-9-14-13(6-8-17-14)10-16(3)12(2)11-18-4/h6,8,12,15H,5,7,9-11H2,1-4H3. The molecule has 104 valence electrons. The summed E-state index contributed by atoms with van der Waals surface area (Å²) in [6, 6.07) is 2.68. The van der Waals surface area contributed by atoms with Gasteiger partial charge < -0.3 is 9.73 Å². The van der Waals surface area contributed by atoms with Gasteiger partial charge in [-0.15, -0.1) is 0 Å². The van der Waals surface area contributed by atoms with Crippen LogP contribution in [-0.4, -0.2) is 36.5 Å². The zero-order valence-corrected chi connectivity index (χ0v) is 12.8. The molecule has 0 aromatic carbocycles. The predicted octanol–water partition coefficient (Wildman–Crippen LogP) is 2.96. The molecule has 0 radical (unpaired) electrons. The van der Waals surface area contributed by atoms with Gasteiger partial charge in [-0.1, -0.05) is 6.92 Å². The van der Waals surface area contributed by atoms with Crippen molar-refractivity contribution in [2.45, 2.75) is 39.4 Å². The molecule has 1 unspecified atom stereocenters. The number of hydrogen-bond acceptors (Lipinski definition) is 4. The molecule has 18 heavy (non-hydrogen) atoms. The van der Waals surface area contributed by atoms with Gasteiger partial charge in [-0.25, -0.2) is 0 Å². The fourth-order valence-electron chi connectivity index (χ4n) is 1.83. The molecule has 0 amide bonds. The molecule has 0 bridgehead atoms. The first-order valence-corrected chi connectivity index (χ1v) is 8.03. The third-order valence-electron chi connectivity index (χ3n) is 3.13. The smallest absolute Gasteiger partial charge is 0.122 e. The van der Waals surface area contributed by atoms with Crippen LogP contribution in [-0.2, 0) is 13.1 Å². The highest BCUT2D eigenvalue weighted by molar-refractivity contribution is 7.98. The zero-order valence-electron chi connectivity index (χ0n) is 12.0. The van der Waals surface area contributed by atoms with Crippen LogP contribution >= 0.6 is 11.8 Å². The van der Waals surface area contributed by atoms with E-state index in [0.717, 1.165) is 37.6 Å². The fourth-order valence-corrected chi connectivity index (χ4v) is 2.57. The first kappa shape index (κ1) is 15.6. The summed E-state index contributed by atoms with van der Waals surface area (Å²) in [5.41, 5.74) is 1.30. The molecule has 1 rings (SSSR count). The van der Waals surface area contributed by atoms with E-state index in [4.69, 9.17) is 4.42 Å². The Morgan fingerprint density at radius 3 is 2.94 bits per heavy atom. The second kappa shape index (κ2) is 8.62. The van der Waals surface area contributed by atoms with Crippen molar-refractivity contribution < 1.29 is 4.42 Å². The van der Waals surface area contributed by atoms with Gasteiger partial charge in [0.05, 0.1) is 12.8 Å². The third kappa shape index (κ3) is 5.04. The number of nitrogens with zero attached hydrogens (tertiary/aromatic N) is 1. The Bertz CT molecular complexity index is 327. The van der Waals surface area contributed by atoms with Gasteiger partial charge in [0.25, 0.3) is 0 Å². The maximum atomic E-state index is 5.56. The van der Waals surface area contributed by atoms with E-state index < -0.39 is 0 Å². The maximum absolute atomic E-state index is 5.56. The Kier molecular flexibility index (Phi) is 7.47. The van der Waals surface area contributed by atoms with Gasteiger partial charge >= 0.3 is 0 Å². The molecule has 1 heterocycles. The first-order chi connectivity index (χ1) is 8.69. The normalized spacial score (nSPS) is 13.2. The lowest BCUT2D eigenvalue weighted by Crippen LogP contribution is -2.30. The lowest BCUT2D eigenvalue weighted by Gasteiger charge is -2.23. The number of furan rings is 1. The highest BCUT2D eigenvalue weighted by atomic mass is 32.2. The van der Waals surface area contributed by atoms with Crippen molar-refractivity contribution in [2.24, 2.45) is 0 Å². The molecule has 0 aliphatic carbocycles. The highest BCUT2D eigenvalue weighted by Gasteiger charge is 2.12. The number of hydrogen-bond donors (Lipinski definition) is 1.